The summed E-state index contributed by atoms with van der Waals surface area (Å²) >= 11 is 0. The lowest BCUT2D eigenvalue weighted by molar-refractivity contribution is 0.445. The minimum Gasteiger partial charge on any atom is -0.309 e. The fourth-order valence-electron chi connectivity index (χ4n) is 9.80. The molecule has 9 aromatic rings. The van der Waals surface area contributed by atoms with Crippen molar-refractivity contribution in [3.8, 4) is 33.4 Å². The Labute approximate surface area is 349 Å². The van der Waals surface area contributed by atoms with E-state index in [2.05, 4.69) is 214 Å². The first kappa shape index (κ1) is 36.9. The number of para-hydroxylation sites is 2. The minimum absolute atomic E-state index is 0.0802. The summed E-state index contributed by atoms with van der Waals surface area (Å²) in [6.07, 6.45) is 6.50. The van der Waals surface area contributed by atoms with Gasteiger partial charge in [0, 0.05) is 16.8 Å². The van der Waals surface area contributed by atoms with Crippen molar-refractivity contribution in [3.63, 3.8) is 0 Å². The first-order chi connectivity index (χ1) is 28.9. The van der Waals surface area contributed by atoms with Gasteiger partial charge in [0.2, 0.25) is 0 Å². The Morgan fingerprint density at radius 1 is 0.407 bits per heavy atom. The molecule has 0 heterocycles. The van der Waals surface area contributed by atoms with Crippen LogP contribution in [0.1, 0.15) is 69.9 Å². The predicted octanol–water partition coefficient (Wildman–Crippen LogP) is 17.0. The molecular weight excluding hydrogens is 711 g/mol. The molecule has 1 saturated carbocycles. The highest BCUT2D eigenvalue weighted by atomic mass is 15.1. The van der Waals surface area contributed by atoms with Gasteiger partial charge in [0.25, 0.3) is 0 Å². The van der Waals surface area contributed by atoms with Crippen LogP contribution in [-0.2, 0) is 5.41 Å². The summed E-state index contributed by atoms with van der Waals surface area (Å²) in [5, 5.41) is 7.84. The zero-order valence-electron chi connectivity index (χ0n) is 34.5. The van der Waals surface area contributed by atoms with Gasteiger partial charge in [0.15, 0.2) is 0 Å². The maximum Gasteiger partial charge on any atom is 0.0540 e. The highest BCUT2D eigenvalue weighted by Gasteiger charge is 2.24. The molecule has 0 unspecified atom stereocenters. The zero-order valence-corrected chi connectivity index (χ0v) is 34.5. The molecule has 1 fully saturated rings. The summed E-state index contributed by atoms with van der Waals surface area (Å²) < 4.78 is 0. The van der Waals surface area contributed by atoms with E-state index in [0.717, 1.165) is 11.4 Å². The second kappa shape index (κ2) is 15.4. The molecule has 9 aromatic carbocycles. The van der Waals surface area contributed by atoms with Crippen LogP contribution in [0.25, 0.3) is 65.7 Å². The summed E-state index contributed by atoms with van der Waals surface area (Å²) in [4.78, 5) is 2.50. The lowest BCUT2D eigenvalue weighted by Crippen LogP contribution is -2.13. The summed E-state index contributed by atoms with van der Waals surface area (Å²) in [5.74, 6) is 0.591. The van der Waals surface area contributed by atoms with E-state index in [1.165, 1.54) is 115 Å². The number of hydrogen-bond acceptors (Lipinski definition) is 1. The minimum atomic E-state index is 0.0802. The fraction of sp³-hybridized carbons (Fsp3) is 0.172. The summed E-state index contributed by atoms with van der Waals surface area (Å²) in [7, 11) is 0. The Balaban J connectivity index is 1.17. The van der Waals surface area contributed by atoms with Crippen LogP contribution >= 0.6 is 0 Å². The third kappa shape index (κ3) is 6.89. The number of anilines is 3. The van der Waals surface area contributed by atoms with Crippen molar-refractivity contribution in [2.75, 3.05) is 4.90 Å². The largest absolute Gasteiger partial charge is 0.309 e. The van der Waals surface area contributed by atoms with Crippen LogP contribution in [-0.4, -0.2) is 0 Å². The van der Waals surface area contributed by atoms with E-state index < -0.39 is 0 Å². The molecule has 0 aliphatic heterocycles. The maximum atomic E-state index is 2.50. The van der Waals surface area contributed by atoms with Gasteiger partial charge in [-0.2, -0.15) is 0 Å². The Bertz CT molecular complexity index is 2930. The first-order valence-electron chi connectivity index (χ1n) is 21.5. The van der Waals surface area contributed by atoms with Crippen LogP contribution in [0.4, 0.5) is 17.1 Å². The van der Waals surface area contributed by atoms with E-state index in [1.54, 1.807) is 0 Å². The van der Waals surface area contributed by atoms with Gasteiger partial charge in [-0.25, -0.2) is 0 Å². The van der Waals surface area contributed by atoms with Gasteiger partial charge in [-0.3, -0.25) is 0 Å². The van der Waals surface area contributed by atoms with Crippen molar-refractivity contribution in [1.82, 2.24) is 0 Å². The average molecular weight is 762 g/mol. The molecule has 10 rings (SSSR count). The van der Waals surface area contributed by atoms with Crippen molar-refractivity contribution in [2.45, 2.75) is 64.2 Å². The predicted molar refractivity (Wildman–Crippen MR) is 254 cm³/mol. The molecule has 0 spiro atoms. The molecule has 1 nitrogen and oxygen atoms in total. The van der Waals surface area contributed by atoms with Crippen LogP contribution in [0, 0.1) is 0 Å². The summed E-state index contributed by atoms with van der Waals surface area (Å²) in [6.45, 7) is 6.85. The van der Waals surface area contributed by atoms with Gasteiger partial charge in [-0.1, -0.05) is 204 Å². The average Bonchev–Trinajstić information content (AvgIpc) is 3.29. The van der Waals surface area contributed by atoms with Crippen LogP contribution in [0.5, 0.6) is 0 Å². The Morgan fingerprint density at radius 3 is 1.73 bits per heavy atom. The second-order valence-electron chi connectivity index (χ2n) is 17.5. The normalized spacial score (nSPS) is 13.6. The first-order valence-corrected chi connectivity index (χ1v) is 21.5. The molecule has 0 saturated heterocycles. The van der Waals surface area contributed by atoms with Crippen molar-refractivity contribution in [1.29, 1.82) is 0 Å². The molecule has 288 valence electrons. The highest BCUT2D eigenvalue weighted by Crippen LogP contribution is 2.48. The summed E-state index contributed by atoms with van der Waals surface area (Å²) in [5.41, 5.74) is 13.8. The molecule has 59 heavy (non-hydrogen) atoms. The molecule has 0 amide bonds. The lowest BCUT2D eigenvalue weighted by Gasteiger charge is -2.31. The zero-order chi connectivity index (χ0) is 39.9. The molecule has 1 aliphatic rings. The topological polar surface area (TPSA) is 3.24 Å². The van der Waals surface area contributed by atoms with E-state index in [-0.39, 0.29) is 5.41 Å². The molecule has 0 radical (unpaired) electrons. The van der Waals surface area contributed by atoms with Crippen LogP contribution < -0.4 is 4.90 Å². The van der Waals surface area contributed by atoms with Crippen molar-refractivity contribution in [3.05, 3.63) is 199 Å². The van der Waals surface area contributed by atoms with Crippen molar-refractivity contribution in [2.24, 2.45) is 0 Å². The van der Waals surface area contributed by atoms with E-state index in [0.29, 0.717) is 5.92 Å². The quantitative estimate of drug-likeness (QED) is 0.146. The number of fused-ring (bicyclic) bond motifs is 4. The standard InChI is InChI=1S/C58H51N/c1-58(2,3)45-35-30-43(31-36-45)49-22-9-11-28-55(49)59(46-37-32-42(33-38-46)48-24-15-26-51-47-21-8-7-18-41(47)34-39-52(48)51)56-29-12-10-23-53(56)54-27-14-20-44-19-13-25-50(57(44)54)40-16-5-4-6-17-40/h7-15,18-40H,4-6,16-17H2,1-3H3. The van der Waals surface area contributed by atoms with Gasteiger partial charge < -0.3 is 4.90 Å². The molecule has 0 N–H and O–H groups in total. The molecular formula is C58H51N. The summed E-state index contributed by atoms with van der Waals surface area (Å²) in [6, 6.07) is 70.4. The van der Waals surface area contributed by atoms with Gasteiger partial charge in [0.1, 0.15) is 0 Å². The van der Waals surface area contributed by atoms with Crippen LogP contribution in [0.2, 0.25) is 0 Å². The fourth-order valence-corrected chi connectivity index (χ4v) is 9.80. The third-order valence-corrected chi connectivity index (χ3v) is 12.8. The van der Waals surface area contributed by atoms with Crippen LogP contribution in [0.15, 0.2) is 188 Å². The van der Waals surface area contributed by atoms with E-state index >= 15 is 0 Å². The number of nitrogens with zero attached hydrogens (tertiary/aromatic N) is 1. The molecule has 0 aromatic heterocycles. The molecule has 1 aliphatic carbocycles. The number of benzene rings is 9. The van der Waals surface area contributed by atoms with Gasteiger partial charge >= 0.3 is 0 Å². The third-order valence-electron chi connectivity index (χ3n) is 12.8. The van der Waals surface area contributed by atoms with Crippen molar-refractivity contribution >= 4 is 49.4 Å². The number of rotatable bonds is 7. The van der Waals surface area contributed by atoms with E-state index in [1.807, 2.05) is 0 Å². The SMILES string of the molecule is CC(C)(C)c1ccc(-c2ccccc2N(c2ccc(-c3cccc4c3ccc3ccccc34)cc2)c2ccccc2-c2cccc3cccc(C4CCCCC4)c23)cc1. The maximum absolute atomic E-state index is 2.50. The van der Waals surface area contributed by atoms with Gasteiger partial charge in [-0.05, 0) is 114 Å². The van der Waals surface area contributed by atoms with E-state index in [4.69, 9.17) is 0 Å². The van der Waals surface area contributed by atoms with Crippen LogP contribution in [0.3, 0.4) is 0 Å². The second-order valence-corrected chi connectivity index (χ2v) is 17.5. The Hall–Kier alpha value is -6.44. The van der Waals surface area contributed by atoms with Crippen molar-refractivity contribution < 1.29 is 0 Å². The Morgan fingerprint density at radius 2 is 0.966 bits per heavy atom. The molecule has 1 heteroatoms. The van der Waals surface area contributed by atoms with Gasteiger partial charge in [-0.15, -0.1) is 0 Å². The Kier molecular flexibility index (Phi) is 9.61. The van der Waals surface area contributed by atoms with Gasteiger partial charge in [0.05, 0.1) is 11.4 Å². The number of hydrogen-bond donors (Lipinski definition) is 0. The smallest absolute Gasteiger partial charge is 0.0540 e. The monoisotopic (exact) mass is 761 g/mol. The highest BCUT2D eigenvalue weighted by molar-refractivity contribution is 6.12. The van der Waals surface area contributed by atoms with E-state index in [9.17, 15) is 0 Å². The molecule has 0 atom stereocenters. The lowest BCUT2D eigenvalue weighted by atomic mass is 9.80. The molecule has 0 bridgehead atoms.